The zero-order valence-electron chi connectivity index (χ0n) is 6.92. The van der Waals surface area contributed by atoms with Gasteiger partial charge >= 0.3 is 0 Å². The third-order valence-electron chi connectivity index (χ3n) is 1.85. The van der Waals surface area contributed by atoms with E-state index in [1.807, 2.05) is 0 Å². The van der Waals surface area contributed by atoms with Gasteiger partial charge in [-0.1, -0.05) is 12.7 Å². The summed E-state index contributed by atoms with van der Waals surface area (Å²) in [6, 6.07) is -0.633. The molecule has 66 valence electrons. The molecule has 4 nitrogen and oxygen atoms in total. The molecule has 0 aromatic heterocycles. The van der Waals surface area contributed by atoms with Crippen LogP contribution in [0.2, 0.25) is 0 Å². The number of amides is 1. The van der Waals surface area contributed by atoms with E-state index in [9.17, 15) is 9.90 Å². The van der Waals surface area contributed by atoms with Crippen molar-refractivity contribution in [3.63, 3.8) is 0 Å². The van der Waals surface area contributed by atoms with Gasteiger partial charge in [-0.25, -0.2) is 0 Å². The van der Waals surface area contributed by atoms with Gasteiger partial charge < -0.3 is 15.7 Å². The molecule has 1 rings (SSSR count). The smallest absolute Gasteiger partial charge is 0.245 e. The van der Waals surface area contributed by atoms with Gasteiger partial charge in [0.15, 0.2) is 0 Å². The van der Waals surface area contributed by atoms with Crippen molar-refractivity contribution < 1.29 is 9.90 Å². The van der Waals surface area contributed by atoms with Gasteiger partial charge in [-0.15, -0.1) is 0 Å². The number of nitrogens with one attached hydrogen (secondary N) is 2. The molecule has 0 aliphatic carbocycles. The van der Waals surface area contributed by atoms with Crippen LogP contribution in [0.3, 0.4) is 0 Å². The summed E-state index contributed by atoms with van der Waals surface area (Å²) in [6.45, 7) is 3.89. The summed E-state index contributed by atoms with van der Waals surface area (Å²) >= 11 is 0. The molecule has 1 atom stereocenters. The molecule has 0 fully saturated rings. The van der Waals surface area contributed by atoms with Crippen LogP contribution < -0.4 is 10.6 Å². The van der Waals surface area contributed by atoms with Gasteiger partial charge in [0, 0.05) is 12.1 Å². The number of aliphatic hydroxyl groups is 1. The Kier molecular flexibility index (Phi) is 2.50. The number of carbonyl (C=O) groups is 1. The van der Waals surface area contributed by atoms with E-state index in [-0.39, 0.29) is 11.7 Å². The first-order valence-corrected chi connectivity index (χ1v) is 3.70. The minimum atomic E-state index is -0.633. The Bertz CT molecular complexity index is 245. The van der Waals surface area contributed by atoms with E-state index < -0.39 is 6.04 Å². The third kappa shape index (κ3) is 1.33. The number of rotatable bonds is 2. The Hall–Kier alpha value is -1.29. The van der Waals surface area contributed by atoms with E-state index in [0.29, 0.717) is 12.1 Å². The molecule has 1 heterocycles. The van der Waals surface area contributed by atoms with Crippen LogP contribution >= 0.6 is 0 Å². The first-order chi connectivity index (χ1) is 5.70. The molecular weight excluding hydrogens is 156 g/mol. The second kappa shape index (κ2) is 3.40. The third-order valence-corrected chi connectivity index (χ3v) is 1.85. The number of likely N-dealkylation sites (N-methyl/N-ethyl adjacent to an activating group) is 1. The highest BCUT2D eigenvalue weighted by Crippen LogP contribution is 2.11. The van der Waals surface area contributed by atoms with Gasteiger partial charge in [-0.3, -0.25) is 4.79 Å². The Morgan fingerprint density at radius 1 is 1.83 bits per heavy atom. The van der Waals surface area contributed by atoms with E-state index in [1.54, 1.807) is 13.1 Å². The molecule has 0 aromatic carbocycles. The largest absolute Gasteiger partial charge is 0.510 e. The van der Waals surface area contributed by atoms with Crippen molar-refractivity contribution in [2.24, 2.45) is 0 Å². The summed E-state index contributed by atoms with van der Waals surface area (Å²) in [7, 11) is 1.62. The molecule has 3 N–H and O–H groups in total. The number of hydrogen-bond donors (Lipinski definition) is 3. The first kappa shape index (κ1) is 8.80. The van der Waals surface area contributed by atoms with Gasteiger partial charge in [0.2, 0.25) is 5.91 Å². The van der Waals surface area contributed by atoms with Crippen molar-refractivity contribution in [2.75, 3.05) is 13.6 Å². The molecule has 1 unspecified atom stereocenters. The number of carbonyl (C=O) groups excluding carboxylic acids is 1. The molecule has 12 heavy (non-hydrogen) atoms. The zero-order chi connectivity index (χ0) is 9.14. The van der Waals surface area contributed by atoms with Gasteiger partial charge in [-0.2, -0.15) is 0 Å². The van der Waals surface area contributed by atoms with Gasteiger partial charge in [0.05, 0.1) is 0 Å². The normalized spacial score (nSPS) is 23.8. The lowest BCUT2D eigenvalue weighted by Crippen LogP contribution is -2.48. The maximum atomic E-state index is 11.1. The topological polar surface area (TPSA) is 61.4 Å². The molecule has 0 saturated carbocycles. The molecule has 1 aliphatic heterocycles. The van der Waals surface area contributed by atoms with Crippen molar-refractivity contribution in [2.45, 2.75) is 6.04 Å². The second-order valence-electron chi connectivity index (χ2n) is 2.55. The van der Waals surface area contributed by atoms with Crippen LogP contribution in [0.25, 0.3) is 0 Å². The van der Waals surface area contributed by atoms with Crippen molar-refractivity contribution >= 4 is 5.91 Å². The molecule has 4 heteroatoms. The minimum absolute atomic E-state index is 0.0660. The average molecular weight is 168 g/mol. The Morgan fingerprint density at radius 3 is 3.00 bits per heavy atom. The number of hydrogen-bond acceptors (Lipinski definition) is 3. The lowest BCUT2D eigenvalue weighted by Gasteiger charge is -2.22. The molecular formula is C8H12N2O2. The summed E-state index contributed by atoms with van der Waals surface area (Å²) in [5.41, 5.74) is 0.661. The van der Waals surface area contributed by atoms with Crippen LogP contribution in [0.1, 0.15) is 0 Å². The highest BCUT2D eigenvalue weighted by atomic mass is 16.3. The van der Waals surface area contributed by atoms with Crippen molar-refractivity contribution in [1.29, 1.82) is 0 Å². The van der Waals surface area contributed by atoms with Crippen LogP contribution in [0, 0.1) is 0 Å². The van der Waals surface area contributed by atoms with Crippen molar-refractivity contribution in [1.82, 2.24) is 10.6 Å². The van der Waals surface area contributed by atoms with E-state index >= 15 is 0 Å². The van der Waals surface area contributed by atoms with E-state index in [1.165, 1.54) is 0 Å². The predicted octanol–water partition coefficient (Wildman–Crippen LogP) is -0.298. The Morgan fingerprint density at radius 2 is 2.50 bits per heavy atom. The van der Waals surface area contributed by atoms with Crippen LogP contribution in [0.5, 0.6) is 0 Å². The highest BCUT2D eigenvalue weighted by Gasteiger charge is 2.26. The Labute approximate surface area is 71.0 Å². The molecule has 1 aliphatic rings. The quantitative estimate of drug-likeness (QED) is 0.530. The molecule has 0 radical (unpaired) electrons. The fraction of sp³-hybridized carbons (Fsp3) is 0.375. The lowest BCUT2D eigenvalue weighted by atomic mass is 10.1. The van der Waals surface area contributed by atoms with E-state index in [0.717, 1.165) is 0 Å². The van der Waals surface area contributed by atoms with E-state index in [2.05, 4.69) is 17.2 Å². The first-order valence-electron chi connectivity index (χ1n) is 3.70. The fourth-order valence-corrected chi connectivity index (χ4v) is 1.13. The predicted molar refractivity (Wildman–Crippen MR) is 45.7 cm³/mol. The summed E-state index contributed by atoms with van der Waals surface area (Å²) in [4.78, 5) is 11.1. The standard InChI is InChI=1S/C8H12N2O2/c1-3-5-4-10-8(12)6(9-2)7(5)11/h3,6,9,11H,1,4H2,2H3,(H,10,12). The van der Waals surface area contributed by atoms with Crippen LogP contribution in [-0.4, -0.2) is 30.6 Å². The minimum Gasteiger partial charge on any atom is -0.510 e. The van der Waals surface area contributed by atoms with E-state index in [4.69, 9.17) is 0 Å². The van der Waals surface area contributed by atoms with Gasteiger partial charge in [-0.05, 0) is 7.05 Å². The summed E-state index contributed by atoms with van der Waals surface area (Å²) in [5.74, 6) is -0.142. The molecule has 1 amide bonds. The summed E-state index contributed by atoms with van der Waals surface area (Å²) < 4.78 is 0. The average Bonchev–Trinajstić information content (AvgIpc) is 2.06. The van der Waals surface area contributed by atoms with Crippen molar-refractivity contribution in [3.8, 4) is 0 Å². The Balaban J connectivity index is 2.95. The zero-order valence-corrected chi connectivity index (χ0v) is 6.92. The lowest BCUT2D eigenvalue weighted by molar-refractivity contribution is -0.123. The van der Waals surface area contributed by atoms with Crippen LogP contribution in [0.15, 0.2) is 24.0 Å². The highest BCUT2D eigenvalue weighted by molar-refractivity contribution is 5.86. The fourth-order valence-electron chi connectivity index (χ4n) is 1.13. The van der Waals surface area contributed by atoms with Gasteiger partial charge in [0.1, 0.15) is 11.8 Å². The molecule has 0 saturated heterocycles. The van der Waals surface area contributed by atoms with Gasteiger partial charge in [0.25, 0.3) is 0 Å². The maximum absolute atomic E-state index is 11.1. The number of aliphatic hydroxyl groups excluding tert-OH is 1. The molecule has 0 spiro atoms. The van der Waals surface area contributed by atoms with Crippen LogP contribution in [-0.2, 0) is 4.79 Å². The second-order valence-corrected chi connectivity index (χ2v) is 2.55. The maximum Gasteiger partial charge on any atom is 0.245 e. The summed E-state index contributed by atoms with van der Waals surface area (Å²) in [6.07, 6.45) is 1.54. The summed E-state index contributed by atoms with van der Waals surface area (Å²) in [5, 5.41) is 14.8. The molecule has 0 aromatic rings. The monoisotopic (exact) mass is 168 g/mol. The van der Waals surface area contributed by atoms with Crippen molar-refractivity contribution in [3.05, 3.63) is 24.0 Å². The van der Waals surface area contributed by atoms with Crippen LogP contribution in [0.4, 0.5) is 0 Å². The SMILES string of the molecule is C=CC1=C(O)C(NC)C(=O)NC1. The molecule has 0 bridgehead atoms.